The van der Waals surface area contributed by atoms with Gasteiger partial charge in [-0.25, -0.2) is 0 Å². The number of benzene rings is 2. The van der Waals surface area contributed by atoms with Gasteiger partial charge >= 0.3 is 0 Å². The second-order valence-electron chi connectivity index (χ2n) is 10.9. The molecule has 2 atom stereocenters. The van der Waals surface area contributed by atoms with Crippen molar-refractivity contribution in [3.8, 4) is 11.3 Å². The van der Waals surface area contributed by atoms with E-state index in [0.717, 1.165) is 46.0 Å². The summed E-state index contributed by atoms with van der Waals surface area (Å²) >= 11 is 0. The van der Waals surface area contributed by atoms with Gasteiger partial charge in [-0.2, -0.15) is 4.57 Å². The van der Waals surface area contributed by atoms with Crippen LogP contribution in [-0.2, 0) is 6.42 Å². The summed E-state index contributed by atoms with van der Waals surface area (Å²) in [6, 6.07) is 23.4. The van der Waals surface area contributed by atoms with Crippen molar-refractivity contribution >= 4 is 41.7 Å². The highest BCUT2D eigenvalue weighted by atomic mass is 15.1. The summed E-state index contributed by atoms with van der Waals surface area (Å²) in [6.07, 6.45) is 8.20. The molecule has 1 aliphatic rings. The van der Waals surface area contributed by atoms with Gasteiger partial charge in [0.1, 0.15) is 5.54 Å². The molecule has 3 heterocycles. The van der Waals surface area contributed by atoms with Gasteiger partial charge in [-0.3, -0.25) is 4.99 Å². The summed E-state index contributed by atoms with van der Waals surface area (Å²) in [5, 5.41) is 3.27. The van der Waals surface area contributed by atoms with Gasteiger partial charge in [0, 0.05) is 44.8 Å². The highest BCUT2D eigenvalue weighted by Crippen LogP contribution is 2.50. The molecule has 0 saturated carbocycles. The zero-order valence-corrected chi connectivity index (χ0v) is 23.7. The first-order chi connectivity index (χ1) is 18.7. The average molecular weight is 513 g/mol. The minimum absolute atomic E-state index is 0.393. The van der Waals surface area contributed by atoms with Gasteiger partial charge in [-0.1, -0.05) is 68.1 Å². The second kappa shape index (κ2) is 9.81. The van der Waals surface area contributed by atoms with Crippen LogP contribution in [0.3, 0.4) is 0 Å². The van der Waals surface area contributed by atoms with Gasteiger partial charge in [-0.05, 0) is 76.7 Å². The number of pyridine rings is 1. The van der Waals surface area contributed by atoms with Crippen LogP contribution in [0.1, 0.15) is 39.7 Å². The Morgan fingerprint density at radius 3 is 2.44 bits per heavy atom. The number of fused-ring (bicyclic) bond motifs is 4. The molecule has 0 radical (unpaired) electrons. The summed E-state index contributed by atoms with van der Waals surface area (Å²) in [5.74, 6) is 0. The smallest absolute Gasteiger partial charge is 0.218 e. The van der Waals surface area contributed by atoms with E-state index in [1.165, 1.54) is 22.1 Å². The number of hydrogen-bond acceptors (Lipinski definition) is 1. The summed E-state index contributed by atoms with van der Waals surface area (Å²) < 4.78 is 4.36. The summed E-state index contributed by atoms with van der Waals surface area (Å²) in [6.45, 7) is 26.5. The van der Waals surface area contributed by atoms with E-state index in [0.29, 0.717) is 0 Å². The Morgan fingerprint density at radius 2 is 1.69 bits per heavy atom. The maximum atomic E-state index is 4.84. The number of hydrogen-bond donors (Lipinski definition) is 0. The van der Waals surface area contributed by atoms with E-state index in [2.05, 4.69) is 148 Å². The maximum absolute atomic E-state index is 4.84. The number of rotatable bonds is 4. The lowest BCUT2D eigenvalue weighted by atomic mass is 9.63. The molecule has 3 heteroatoms. The molecule has 4 aromatic rings. The molecule has 3 nitrogen and oxygen atoms in total. The van der Waals surface area contributed by atoms with Crippen LogP contribution >= 0.6 is 0 Å². The lowest BCUT2D eigenvalue weighted by Crippen LogP contribution is -2.53. The molecule has 196 valence electrons. The van der Waals surface area contributed by atoms with Crippen molar-refractivity contribution in [2.75, 3.05) is 0 Å². The quantitative estimate of drug-likeness (QED) is 0.163. The van der Waals surface area contributed by atoms with E-state index in [-0.39, 0.29) is 0 Å². The zero-order valence-electron chi connectivity index (χ0n) is 23.7. The van der Waals surface area contributed by atoms with Crippen molar-refractivity contribution in [2.24, 2.45) is 10.4 Å². The molecule has 0 spiro atoms. The molecule has 0 saturated heterocycles. The molecule has 2 aromatic heterocycles. The third kappa shape index (κ3) is 3.96. The normalized spacial score (nSPS) is 22.0. The molecule has 2 unspecified atom stereocenters. The summed E-state index contributed by atoms with van der Waals surface area (Å²) in [7, 11) is 0. The van der Waals surface area contributed by atoms with Crippen molar-refractivity contribution < 1.29 is 4.57 Å². The maximum Gasteiger partial charge on any atom is 0.218 e. The number of para-hydroxylation sites is 1. The van der Waals surface area contributed by atoms with Crippen molar-refractivity contribution in [1.29, 1.82) is 0 Å². The Kier molecular flexibility index (Phi) is 6.64. The van der Waals surface area contributed by atoms with Gasteiger partial charge < -0.3 is 4.57 Å². The monoisotopic (exact) mass is 512 g/mol. The first kappa shape index (κ1) is 26.4. The minimum atomic E-state index is -0.676. The van der Waals surface area contributed by atoms with Crippen molar-refractivity contribution in [2.45, 2.75) is 46.1 Å². The zero-order chi connectivity index (χ0) is 27.9. The fourth-order valence-corrected chi connectivity index (χ4v) is 6.36. The molecule has 0 N–H and O–H groups in total. The lowest BCUT2D eigenvalue weighted by molar-refractivity contribution is -0.575. The standard InChI is InChI=1S/C36H38N3/c1-9-30-27(4)39(34-20-13-12-18-32(30)34)26(3)24-25(2)35(6)22-21-29-16-10-11-17-31(29)33-19-14-15-23-38(33)28(5)36(35,7)37-8/h9-20,23-24H,3-5,8,21-22H2,1-2,6-7H3/q+1/b25-24+,30-9+. The largest absolute Gasteiger partial charge is 0.310 e. The fraction of sp³-hybridized carbons (Fsp3) is 0.222. The van der Waals surface area contributed by atoms with E-state index in [9.17, 15) is 0 Å². The van der Waals surface area contributed by atoms with Crippen molar-refractivity contribution in [3.63, 3.8) is 0 Å². The number of aliphatic imine (C=N–C) groups is 1. The SMILES string of the molecule is C=NC1(C)C(=C)[n+]2ccccc2-c2ccccc2CCC1(C)/C(C)=C/C(=C)n1c(=C)/c(=C\C)c2ccccc21. The van der Waals surface area contributed by atoms with Crippen LogP contribution in [-0.4, -0.2) is 16.8 Å². The Hall–Kier alpha value is -4.24. The second-order valence-corrected chi connectivity index (χ2v) is 10.9. The fourth-order valence-electron chi connectivity index (χ4n) is 6.36. The molecule has 5 rings (SSSR count). The molecule has 1 aliphatic heterocycles. The minimum Gasteiger partial charge on any atom is -0.310 e. The average Bonchev–Trinajstić information content (AvgIpc) is 3.26. The van der Waals surface area contributed by atoms with Crippen LogP contribution in [0.4, 0.5) is 0 Å². The molecule has 0 fully saturated rings. The summed E-state index contributed by atoms with van der Waals surface area (Å²) in [4.78, 5) is 4.84. The first-order valence-electron chi connectivity index (χ1n) is 13.6. The number of allylic oxidation sites excluding steroid dienone is 2. The summed E-state index contributed by atoms with van der Waals surface area (Å²) in [5.41, 5.74) is 6.66. The number of aryl methyl sites for hydroxylation is 1. The first-order valence-corrected chi connectivity index (χ1v) is 13.6. The van der Waals surface area contributed by atoms with E-state index in [4.69, 9.17) is 4.99 Å². The van der Waals surface area contributed by atoms with Crippen LogP contribution in [0.2, 0.25) is 0 Å². The van der Waals surface area contributed by atoms with E-state index in [1.807, 2.05) is 0 Å². The third-order valence-corrected chi connectivity index (χ3v) is 9.14. The Bertz CT molecular complexity index is 1780. The van der Waals surface area contributed by atoms with E-state index < -0.39 is 11.0 Å². The topological polar surface area (TPSA) is 21.2 Å². The molecule has 0 aliphatic carbocycles. The lowest BCUT2D eigenvalue weighted by Gasteiger charge is -2.43. The third-order valence-electron chi connectivity index (χ3n) is 9.14. The van der Waals surface area contributed by atoms with E-state index >= 15 is 0 Å². The van der Waals surface area contributed by atoms with Gasteiger partial charge in [0.05, 0.1) is 5.52 Å². The molecule has 2 aromatic carbocycles. The van der Waals surface area contributed by atoms with E-state index in [1.54, 1.807) is 0 Å². The number of nitrogens with zero attached hydrogens (tertiary/aromatic N) is 3. The van der Waals surface area contributed by atoms with Crippen LogP contribution in [0.15, 0.2) is 103 Å². The highest BCUT2D eigenvalue weighted by Gasteiger charge is 2.52. The van der Waals surface area contributed by atoms with Crippen LogP contribution < -0.4 is 15.1 Å². The molecular weight excluding hydrogens is 474 g/mol. The van der Waals surface area contributed by atoms with Gasteiger partial charge in [0.25, 0.3) is 0 Å². The predicted molar refractivity (Wildman–Crippen MR) is 168 cm³/mol. The Labute approximate surface area is 232 Å². The highest BCUT2D eigenvalue weighted by molar-refractivity contribution is 5.86. The molecular formula is C36H38N3+. The molecule has 0 amide bonds. The van der Waals surface area contributed by atoms with Crippen LogP contribution in [0, 0.1) is 5.41 Å². The van der Waals surface area contributed by atoms with Crippen LogP contribution in [0.25, 0.3) is 46.2 Å². The molecule has 39 heavy (non-hydrogen) atoms. The Balaban J connectivity index is 1.70. The van der Waals surface area contributed by atoms with Gasteiger partial charge in [0.15, 0.2) is 6.20 Å². The van der Waals surface area contributed by atoms with Crippen molar-refractivity contribution in [1.82, 2.24) is 4.57 Å². The van der Waals surface area contributed by atoms with Crippen molar-refractivity contribution in [3.05, 3.63) is 114 Å². The predicted octanol–water partition coefficient (Wildman–Crippen LogP) is 6.81. The molecule has 0 bridgehead atoms. The Morgan fingerprint density at radius 1 is 1.00 bits per heavy atom. The van der Waals surface area contributed by atoms with Crippen LogP contribution in [0.5, 0.6) is 0 Å². The van der Waals surface area contributed by atoms with Gasteiger partial charge in [-0.15, -0.1) is 0 Å². The number of aromatic nitrogens is 2. The van der Waals surface area contributed by atoms with Gasteiger partial charge in [0.2, 0.25) is 11.4 Å².